The van der Waals surface area contributed by atoms with Gasteiger partial charge in [0.2, 0.25) is 0 Å². The van der Waals surface area contributed by atoms with Crippen LogP contribution in [0.2, 0.25) is 0 Å². The van der Waals surface area contributed by atoms with E-state index in [2.05, 4.69) is 15.6 Å². The molecule has 1 aliphatic heterocycles. The molecule has 0 saturated carbocycles. The monoisotopic (exact) mass is 235 g/mol. The summed E-state index contributed by atoms with van der Waals surface area (Å²) < 4.78 is 0. The average Bonchev–Trinajstić information content (AvgIpc) is 2.82. The lowest BCUT2D eigenvalue weighted by atomic mass is 10.1. The van der Waals surface area contributed by atoms with Gasteiger partial charge in [-0.05, 0) is 25.8 Å². The van der Waals surface area contributed by atoms with E-state index in [1.807, 2.05) is 0 Å². The van der Waals surface area contributed by atoms with Gasteiger partial charge in [0.05, 0.1) is 0 Å². The first kappa shape index (κ1) is 11.9. The molecule has 0 bridgehead atoms. The third-order valence-electron chi connectivity index (χ3n) is 3.01. The highest BCUT2D eigenvalue weighted by Crippen LogP contribution is 2.07. The Morgan fingerprint density at radius 3 is 3.12 bits per heavy atom. The maximum absolute atomic E-state index is 11.7. The lowest BCUT2D eigenvalue weighted by molar-refractivity contribution is 0.0951. The van der Waals surface area contributed by atoms with Crippen molar-refractivity contribution in [1.29, 1.82) is 0 Å². The maximum Gasteiger partial charge on any atom is 0.256 e. The number of hydrogen-bond donors (Lipinski definition) is 3. The Kier molecular flexibility index (Phi) is 3.93. The smallest absolute Gasteiger partial charge is 0.256 e. The van der Waals surface area contributed by atoms with E-state index in [-0.39, 0.29) is 16.9 Å². The van der Waals surface area contributed by atoms with Crippen molar-refractivity contribution < 1.29 is 4.79 Å². The molecule has 0 aliphatic carbocycles. The summed E-state index contributed by atoms with van der Waals surface area (Å²) in [5, 5.41) is 6.13. The fraction of sp³-hybridized carbons (Fsp3) is 0.500. The summed E-state index contributed by atoms with van der Waals surface area (Å²) in [7, 11) is 0. The molecule has 1 saturated heterocycles. The van der Waals surface area contributed by atoms with Crippen LogP contribution < -0.4 is 16.1 Å². The van der Waals surface area contributed by atoms with Crippen molar-refractivity contribution in [3.8, 4) is 0 Å². The van der Waals surface area contributed by atoms with E-state index in [4.69, 9.17) is 0 Å². The van der Waals surface area contributed by atoms with Gasteiger partial charge in [-0.3, -0.25) is 9.59 Å². The molecule has 1 aliphatic rings. The van der Waals surface area contributed by atoms with Crippen molar-refractivity contribution in [3.63, 3.8) is 0 Å². The summed E-state index contributed by atoms with van der Waals surface area (Å²) >= 11 is 0. The lowest BCUT2D eigenvalue weighted by Crippen LogP contribution is -2.32. The maximum atomic E-state index is 11.7. The Morgan fingerprint density at radius 1 is 1.53 bits per heavy atom. The number of pyridine rings is 1. The molecule has 0 aromatic carbocycles. The number of carbonyl (C=O) groups excluding carboxylic acids is 1. The topological polar surface area (TPSA) is 74.0 Å². The zero-order valence-electron chi connectivity index (χ0n) is 9.66. The summed E-state index contributed by atoms with van der Waals surface area (Å²) in [5.74, 6) is -0.301. The van der Waals surface area contributed by atoms with E-state index >= 15 is 0 Å². The van der Waals surface area contributed by atoms with Crippen LogP contribution in [0, 0.1) is 0 Å². The molecule has 0 unspecified atom stereocenters. The minimum Gasteiger partial charge on any atom is -0.367 e. The van der Waals surface area contributed by atoms with Crippen molar-refractivity contribution >= 4 is 5.91 Å². The van der Waals surface area contributed by atoms with Crippen LogP contribution in [-0.4, -0.2) is 30.0 Å². The third kappa shape index (κ3) is 3.17. The van der Waals surface area contributed by atoms with Gasteiger partial charge in [-0.15, -0.1) is 0 Å². The molecular formula is C12H17N3O2. The van der Waals surface area contributed by atoms with Crippen LogP contribution >= 0.6 is 0 Å². The van der Waals surface area contributed by atoms with E-state index < -0.39 is 0 Å². The second kappa shape index (κ2) is 5.63. The second-order valence-electron chi connectivity index (χ2n) is 4.26. The molecule has 1 atom stereocenters. The molecule has 2 heterocycles. The number of carbonyl (C=O) groups is 1. The van der Waals surface area contributed by atoms with Gasteiger partial charge >= 0.3 is 0 Å². The predicted molar refractivity (Wildman–Crippen MR) is 65.0 cm³/mol. The third-order valence-corrected chi connectivity index (χ3v) is 3.01. The quantitative estimate of drug-likeness (QED) is 0.700. The Morgan fingerprint density at radius 2 is 2.41 bits per heavy atom. The van der Waals surface area contributed by atoms with Crippen LogP contribution in [0.1, 0.15) is 29.6 Å². The van der Waals surface area contributed by atoms with Crippen molar-refractivity contribution in [2.75, 3.05) is 13.1 Å². The normalized spacial score (nSPS) is 19.2. The summed E-state index contributed by atoms with van der Waals surface area (Å²) in [5.41, 5.74) is -0.0767. The molecule has 5 heteroatoms. The largest absolute Gasteiger partial charge is 0.367 e. The SMILES string of the molecule is O=C(NCC[C@@H]1CCCN1)c1c[nH]ccc1=O. The first-order valence-corrected chi connectivity index (χ1v) is 5.96. The number of H-pyrrole nitrogens is 1. The number of aromatic amines is 1. The van der Waals surface area contributed by atoms with Gasteiger partial charge in [0.25, 0.3) is 5.91 Å². The van der Waals surface area contributed by atoms with Crippen molar-refractivity contribution in [3.05, 3.63) is 34.2 Å². The Balaban J connectivity index is 1.81. The molecule has 1 aromatic rings. The van der Waals surface area contributed by atoms with Gasteiger partial charge in [-0.25, -0.2) is 0 Å². The highest BCUT2D eigenvalue weighted by molar-refractivity contribution is 5.93. The van der Waals surface area contributed by atoms with Crippen molar-refractivity contribution in [2.24, 2.45) is 0 Å². The van der Waals surface area contributed by atoms with Gasteiger partial charge in [0, 0.05) is 31.0 Å². The molecule has 92 valence electrons. The number of nitrogens with one attached hydrogen (secondary N) is 3. The van der Waals surface area contributed by atoms with Gasteiger partial charge < -0.3 is 15.6 Å². The number of aromatic nitrogens is 1. The first-order valence-electron chi connectivity index (χ1n) is 5.96. The van der Waals surface area contributed by atoms with E-state index in [0.717, 1.165) is 13.0 Å². The molecular weight excluding hydrogens is 218 g/mol. The van der Waals surface area contributed by atoms with Gasteiger partial charge in [-0.2, -0.15) is 0 Å². The minimum atomic E-state index is -0.301. The Bertz CT molecular complexity index is 435. The van der Waals surface area contributed by atoms with Gasteiger partial charge in [0.1, 0.15) is 5.56 Å². The molecule has 3 N–H and O–H groups in total. The number of hydrogen-bond acceptors (Lipinski definition) is 3. The summed E-state index contributed by atoms with van der Waals surface area (Å²) in [6.07, 6.45) is 6.24. The fourth-order valence-corrected chi connectivity index (χ4v) is 2.05. The lowest BCUT2D eigenvalue weighted by Gasteiger charge is -2.10. The Hall–Kier alpha value is -1.62. The van der Waals surface area contributed by atoms with Crippen molar-refractivity contribution in [1.82, 2.24) is 15.6 Å². The van der Waals surface area contributed by atoms with Crippen LogP contribution in [-0.2, 0) is 0 Å². The molecule has 0 spiro atoms. The highest BCUT2D eigenvalue weighted by Gasteiger charge is 2.14. The summed E-state index contributed by atoms with van der Waals surface area (Å²) in [4.78, 5) is 25.8. The molecule has 2 rings (SSSR count). The summed E-state index contributed by atoms with van der Waals surface area (Å²) in [6.45, 7) is 1.67. The van der Waals surface area contributed by atoms with E-state index in [9.17, 15) is 9.59 Å². The van der Waals surface area contributed by atoms with Crippen LogP contribution in [0.15, 0.2) is 23.3 Å². The second-order valence-corrected chi connectivity index (χ2v) is 4.26. The molecule has 17 heavy (non-hydrogen) atoms. The molecule has 1 amide bonds. The predicted octanol–water partition coefficient (Wildman–Crippen LogP) is 0.247. The molecule has 5 nitrogen and oxygen atoms in total. The zero-order chi connectivity index (χ0) is 12.1. The average molecular weight is 235 g/mol. The minimum absolute atomic E-state index is 0.173. The molecule has 0 radical (unpaired) electrons. The zero-order valence-corrected chi connectivity index (χ0v) is 9.66. The Labute approximate surface area is 99.6 Å². The van der Waals surface area contributed by atoms with Crippen LogP contribution in [0.25, 0.3) is 0 Å². The fourth-order valence-electron chi connectivity index (χ4n) is 2.05. The molecule has 1 fully saturated rings. The standard InChI is InChI=1S/C12H17N3O2/c16-11-4-6-13-8-10(11)12(17)15-7-3-9-2-1-5-14-9/h4,6,8-9,14H,1-3,5,7H2,(H,13,16)(H,15,17)/t9-/m0/s1. The highest BCUT2D eigenvalue weighted by atomic mass is 16.2. The van der Waals surface area contributed by atoms with Gasteiger partial charge in [-0.1, -0.05) is 0 Å². The van der Waals surface area contributed by atoms with E-state index in [1.165, 1.54) is 31.3 Å². The van der Waals surface area contributed by atoms with E-state index in [0.29, 0.717) is 12.6 Å². The van der Waals surface area contributed by atoms with Crippen LogP contribution in [0.5, 0.6) is 0 Å². The van der Waals surface area contributed by atoms with Crippen LogP contribution in [0.3, 0.4) is 0 Å². The van der Waals surface area contributed by atoms with Crippen LogP contribution in [0.4, 0.5) is 0 Å². The van der Waals surface area contributed by atoms with Gasteiger partial charge in [0.15, 0.2) is 5.43 Å². The number of rotatable bonds is 4. The summed E-state index contributed by atoms with van der Waals surface area (Å²) in [6, 6.07) is 1.86. The number of amides is 1. The molecule has 1 aromatic heterocycles. The van der Waals surface area contributed by atoms with E-state index in [1.54, 1.807) is 0 Å². The van der Waals surface area contributed by atoms with Crippen molar-refractivity contribution in [2.45, 2.75) is 25.3 Å². The first-order chi connectivity index (χ1) is 8.27.